The van der Waals surface area contributed by atoms with E-state index in [1.807, 2.05) is 13.8 Å². The van der Waals surface area contributed by atoms with Crippen LogP contribution in [0.2, 0.25) is 5.02 Å². The van der Waals surface area contributed by atoms with E-state index in [-0.39, 0.29) is 41.4 Å². The molecule has 1 atom stereocenters. The first-order valence-corrected chi connectivity index (χ1v) is 15.5. The molecule has 2 aromatic carbocycles. The molecule has 0 spiro atoms. The average molecular weight is 633 g/mol. The van der Waals surface area contributed by atoms with Crippen LogP contribution < -0.4 is 10.5 Å². The summed E-state index contributed by atoms with van der Waals surface area (Å²) in [5, 5.41) is 0.730. The van der Waals surface area contributed by atoms with Gasteiger partial charge in [0.15, 0.2) is 12.5 Å². The van der Waals surface area contributed by atoms with Crippen LogP contribution in [-0.2, 0) is 26.3 Å². The lowest BCUT2D eigenvalue weighted by Crippen LogP contribution is -2.33. The van der Waals surface area contributed by atoms with E-state index in [0.29, 0.717) is 22.6 Å². The monoisotopic (exact) mass is 632 g/mol. The molecule has 2 heterocycles. The summed E-state index contributed by atoms with van der Waals surface area (Å²) in [6.45, 7) is 5.08. The van der Waals surface area contributed by atoms with Crippen molar-refractivity contribution < 1.29 is 31.5 Å². The quantitative estimate of drug-likeness (QED) is 0.147. The fourth-order valence-electron chi connectivity index (χ4n) is 4.56. The minimum absolute atomic E-state index is 0.146. The lowest BCUT2D eigenvalue weighted by Gasteiger charge is -2.14. The van der Waals surface area contributed by atoms with Crippen LogP contribution in [0.25, 0.3) is 22.2 Å². The second kappa shape index (κ2) is 13.2. The van der Waals surface area contributed by atoms with Crippen molar-refractivity contribution in [2.45, 2.75) is 46.4 Å². The molecule has 43 heavy (non-hydrogen) atoms. The van der Waals surface area contributed by atoms with E-state index in [4.69, 9.17) is 22.1 Å². The molecule has 0 saturated heterocycles. The number of nitrogens with zero attached hydrogens (tertiary/aromatic N) is 2. The zero-order valence-corrected chi connectivity index (χ0v) is 25.3. The Hall–Kier alpha value is -3.87. The zero-order valence-electron chi connectivity index (χ0n) is 23.7. The number of aromatic nitrogens is 2. The van der Waals surface area contributed by atoms with Crippen molar-refractivity contribution in [3.8, 4) is 11.1 Å². The topological polar surface area (TPSA) is 133 Å². The highest BCUT2D eigenvalue weighted by Gasteiger charge is 2.27. The number of pyridine rings is 1. The molecule has 0 aliphatic heterocycles. The van der Waals surface area contributed by atoms with Gasteiger partial charge in [-0.15, -0.1) is 0 Å². The Morgan fingerprint density at radius 3 is 2.47 bits per heavy atom. The van der Waals surface area contributed by atoms with Crippen molar-refractivity contribution in [3.05, 3.63) is 82.6 Å². The van der Waals surface area contributed by atoms with Gasteiger partial charge in [-0.05, 0) is 54.7 Å². The first-order chi connectivity index (χ1) is 20.3. The molecule has 13 heteroatoms. The van der Waals surface area contributed by atoms with E-state index in [0.717, 1.165) is 12.1 Å². The van der Waals surface area contributed by atoms with E-state index in [2.05, 4.69) is 9.71 Å². The predicted octanol–water partition coefficient (Wildman–Crippen LogP) is 5.89. The number of fused-ring (bicyclic) bond motifs is 1. The van der Waals surface area contributed by atoms with Crippen LogP contribution in [0.3, 0.4) is 0 Å². The minimum atomic E-state index is -3.93. The molecule has 9 nitrogen and oxygen atoms in total. The number of nitrogens with two attached hydrogens (primary N) is 1. The number of rotatable bonds is 12. The Labute approximate surface area is 253 Å². The van der Waals surface area contributed by atoms with Crippen LogP contribution in [0.15, 0.2) is 54.9 Å². The van der Waals surface area contributed by atoms with Gasteiger partial charge in [-0.2, -0.15) is 0 Å². The van der Waals surface area contributed by atoms with Gasteiger partial charge in [-0.3, -0.25) is 18.9 Å². The van der Waals surface area contributed by atoms with Gasteiger partial charge in [0.2, 0.25) is 15.8 Å². The molecule has 4 rings (SSSR count). The van der Waals surface area contributed by atoms with Crippen molar-refractivity contribution in [1.82, 2.24) is 9.55 Å². The third-order valence-corrected chi connectivity index (χ3v) is 8.30. The molecule has 0 aliphatic rings. The molecule has 0 bridgehead atoms. The summed E-state index contributed by atoms with van der Waals surface area (Å²) in [5.41, 5.74) is 5.76. The number of sulfonamides is 1. The summed E-state index contributed by atoms with van der Waals surface area (Å²) < 4.78 is 63.9. The third-order valence-electron chi connectivity index (χ3n) is 6.57. The number of hydrogen-bond acceptors (Lipinski definition) is 7. The van der Waals surface area contributed by atoms with Gasteiger partial charge in [0, 0.05) is 28.4 Å². The van der Waals surface area contributed by atoms with Crippen molar-refractivity contribution in [3.63, 3.8) is 0 Å². The maximum Gasteiger partial charge on any atom is 0.324 e. The van der Waals surface area contributed by atoms with Gasteiger partial charge in [0.05, 0.1) is 22.6 Å². The molecule has 228 valence electrons. The lowest BCUT2D eigenvalue weighted by molar-refractivity contribution is -0.149. The Morgan fingerprint density at radius 2 is 1.81 bits per heavy atom. The van der Waals surface area contributed by atoms with E-state index in [1.165, 1.54) is 17.0 Å². The van der Waals surface area contributed by atoms with Gasteiger partial charge in [0.25, 0.3) is 0 Å². The number of hydrogen-bond donors (Lipinski definition) is 2. The van der Waals surface area contributed by atoms with Crippen molar-refractivity contribution in [2.75, 3.05) is 10.5 Å². The molecule has 0 amide bonds. The third kappa shape index (κ3) is 7.38. The highest BCUT2D eigenvalue weighted by atomic mass is 35.5. The summed E-state index contributed by atoms with van der Waals surface area (Å²) in [4.78, 5) is 30.7. The normalized spacial score (nSPS) is 12.5. The summed E-state index contributed by atoms with van der Waals surface area (Å²) in [6, 6.07) is 9.31. The molecule has 4 aromatic rings. The number of nitrogens with one attached hydrogen (secondary N) is 1. The summed E-state index contributed by atoms with van der Waals surface area (Å²) in [7, 11) is -3.93. The average Bonchev–Trinajstić information content (AvgIpc) is 3.31. The number of carbonyl (C=O) groups excluding carboxylic acids is 2. The van der Waals surface area contributed by atoms with Crippen molar-refractivity contribution in [1.29, 1.82) is 0 Å². The van der Waals surface area contributed by atoms with Crippen molar-refractivity contribution >= 4 is 50.1 Å². The Kier molecular flexibility index (Phi) is 9.83. The molecule has 0 saturated carbocycles. The number of halogens is 3. The van der Waals surface area contributed by atoms with Gasteiger partial charge in [0.1, 0.15) is 17.5 Å². The predicted molar refractivity (Wildman–Crippen MR) is 161 cm³/mol. The zero-order chi connectivity index (χ0) is 31.5. The largest absolute Gasteiger partial charge is 0.443 e. The second-order valence-corrected chi connectivity index (χ2v) is 12.8. The maximum atomic E-state index is 15.6. The SMILES string of the molecule is CCCS(=O)(=O)Nc1ccc(F)c(C(=O)c2cn(COC(=O)[C@H](N)CC(C)C)c3ncc(-c4ccc(Cl)cc4)cc23)c1F. The molecule has 3 N–H and O–H groups in total. The first kappa shape index (κ1) is 32.1. The Morgan fingerprint density at radius 1 is 1.12 bits per heavy atom. The van der Waals surface area contributed by atoms with Gasteiger partial charge >= 0.3 is 5.97 Å². The lowest BCUT2D eigenvalue weighted by atomic mass is 10.00. The fourth-order valence-corrected chi connectivity index (χ4v) is 5.81. The highest BCUT2D eigenvalue weighted by Crippen LogP contribution is 2.31. The van der Waals surface area contributed by atoms with E-state index < -0.39 is 50.7 Å². The molecule has 0 fully saturated rings. The minimum Gasteiger partial charge on any atom is -0.443 e. The van der Waals surface area contributed by atoms with E-state index in [9.17, 15) is 18.0 Å². The summed E-state index contributed by atoms with van der Waals surface area (Å²) >= 11 is 6.01. The van der Waals surface area contributed by atoms with Crippen LogP contribution >= 0.6 is 11.6 Å². The second-order valence-electron chi connectivity index (χ2n) is 10.5. The van der Waals surface area contributed by atoms with Crippen molar-refractivity contribution in [2.24, 2.45) is 11.7 Å². The number of esters is 1. The number of anilines is 1. The van der Waals surface area contributed by atoms with E-state index >= 15 is 8.78 Å². The Bertz CT molecular complexity index is 1780. The summed E-state index contributed by atoms with van der Waals surface area (Å²) in [6.07, 6.45) is 3.47. The number of benzene rings is 2. The van der Waals surface area contributed by atoms with Crippen LogP contribution in [0, 0.1) is 17.6 Å². The molecular weight excluding hydrogens is 602 g/mol. The standard InChI is InChI=1S/C30H31ClF2N4O5S/c1-4-11-43(40,41)36-25-10-9-23(32)26(27(25)33)28(38)22-15-37(16-42-30(39)24(34)12-17(2)3)29-21(22)13-19(14-35-29)18-5-7-20(31)8-6-18/h5-10,13-15,17,24,36H,4,11-12,16,34H2,1-3H3/t24-/m1/s1. The van der Waals surface area contributed by atoms with Gasteiger partial charge < -0.3 is 10.5 Å². The van der Waals surface area contributed by atoms with Crippen LogP contribution in [-0.4, -0.2) is 41.5 Å². The number of ketones is 1. The molecule has 2 aromatic heterocycles. The molecule has 0 aliphatic carbocycles. The Balaban J connectivity index is 1.80. The van der Waals surface area contributed by atoms with Crippen LogP contribution in [0.1, 0.15) is 49.5 Å². The highest BCUT2D eigenvalue weighted by molar-refractivity contribution is 7.92. The maximum absolute atomic E-state index is 15.6. The van der Waals surface area contributed by atoms with Gasteiger partial charge in [-0.1, -0.05) is 44.5 Å². The molecular formula is C30H31ClF2N4O5S. The summed E-state index contributed by atoms with van der Waals surface area (Å²) in [5.74, 6) is -4.41. The van der Waals surface area contributed by atoms with Crippen LogP contribution in [0.4, 0.5) is 14.5 Å². The van der Waals surface area contributed by atoms with Gasteiger partial charge in [-0.25, -0.2) is 22.2 Å². The smallest absolute Gasteiger partial charge is 0.324 e. The number of ether oxygens (including phenoxy) is 1. The first-order valence-electron chi connectivity index (χ1n) is 13.5. The molecule has 0 radical (unpaired) electrons. The van der Waals surface area contributed by atoms with E-state index in [1.54, 1.807) is 37.3 Å². The number of carbonyl (C=O) groups is 2. The molecule has 0 unspecified atom stereocenters. The fraction of sp³-hybridized carbons (Fsp3) is 0.300. The van der Waals surface area contributed by atoms with Crippen LogP contribution in [0.5, 0.6) is 0 Å².